The van der Waals surface area contributed by atoms with Crippen LogP contribution in [0.5, 0.6) is 0 Å². The predicted molar refractivity (Wildman–Crippen MR) is 156 cm³/mol. The Morgan fingerprint density at radius 2 is 1.76 bits per heavy atom. The van der Waals surface area contributed by atoms with Crippen LogP contribution in [-0.2, 0) is 22.6 Å². The minimum Gasteiger partial charge on any atom is -0.481 e. The van der Waals surface area contributed by atoms with Crippen LogP contribution < -0.4 is 15.8 Å². The first-order chi connectivity index (χ1) is 19.6. The Balaban J connectivity index is 0.000000653. The van der Waals surface area contributed by atoms with Gasteiger partial charge in [-0.25, -0.2) is 4.98 Å². The number of anilines is 1. The molecule has 1 unspecified atom stereocenters. The van der Waals surface area contributed by atoms with Crippen LogP contribution in [0, 0.1) is 12.3 Å². The van der Waals surface area contributed by atoms with Gasteiger partial charge in [0.15, 0.2) is 0 Å². The zero-order valence-electron chi connectivity index (χ0n) is 23.4. The maximum Gasteiger partial charge on any atom is 0.322 e. The van der Waals surface area contributed by atoms with Crippen LogP contribution in [-0.4, -0.2) is 56.2 Å². The molecule has 0 bridgehead atoms. The molecule has 4 rings (SSSR count). The lowest BCUT2D eigenvalue weighted by Gasteiger charge is -2.30. The van der Waals surface area contributed by atoms with Crippen molar-refractivity contribution in [3.63, 3.8) is 0 Å². The molecule has 0 saturated heterocycles. The summed E-state index contributed by atoms with van der Waals surface area (Å²) in [5, 5.41) is 28.5. The number of carbonyl (C=O) groups is 3. The SMILES string of the molecule is C#CCN(c1ccc(C(=O)NCC(=O)O)cc1)C1CCc2cc3nc(CO)[nH]c(=O)c3cc21.CCC.CCC(=O)O. The number of carboxylic acid groups (broad SMARTS) is 2. The number of hydrogen-bond acceptors (Lipinski definition) is 7. The van der Waals surface area contributed by atoms with Crippen molar-refractivity contribution in [1.82, 2.24) is 15.3 Å². The smallest absolute Gasteiger partial charge is 0.322 e. The average Bonchev–Trinajstić information content (AvgIpc) is 3.36. The van der Waals surface area contributed by atoms with Gasteiger partial charge in [-0.1, -0.05) is 33.1 Å². The minimum atomic E-state index is -1.12. The summed E-state index contributed by atoms with van der Waals surface area (Å²) in [5.74, 6) is 0.572. The van der Waals surface area contributed by atoms with E-state index in [0.717, 1.165) is 29.7 Å². The van der Waals surface area contributed by atoms with E-state index in [9.17, 15) is 24.3 Å². The molecule has 1 aromatic heterocycles. The first-order valence-corrected chi connectivity index (χ1v) is 13.3. The Labute approximate surface area is 238 Å². The van der Waals surface area contributed by atoms with Gasteiger partial charge in [0.05, 0.1) is 23.5 Å². The fourth-order valence-corrected chi connectivity index (χ4v) is 4.21. The van der Waals surface area contributed by atoms with E-state index in [2.05, 4.69) is 35.1 Å². The number of aromatic amines is 1. The normalized spacial score (nSPS) is 13.0. The first kappa shape index (κ1) is 32.5. The number of H-pyrrole nitrogens is 1. The summed E-state index contributed by atoms with van der Waals surface area (Å²) < 4.78 is 0. The summed E-state index contributed by atoms with van der Waals surface area (Å²) >= 11 is 0. The molecule has 11 nitrogen and oxygen atoms in total. The Hall–Kier alpha value is -4.69. The molecule has 1 heterocycles. The van der Waals surface area contributed by atoms with Gasteiger partial charge in [-0.15, -0.1) is 6.42 Å². The average molecular weight is 565 g/mol. The highest BCUT2D eigenvalue weighted by Gasteiger charge is 2.29. The van der Waals surface area contributed by atoms with Gasteiger partial charge in [-0.2, -0.15) is 0 Å². The van der Waals surface area contributed by atoms with E-state index < -0.39 is 24.4 Å². The fourth-order valence-electron chi connectivity index (χ4n) is 4.21. The molecule has 1 aliphatic carbocycles. The Bertz CT molecular complexity index is 1460. The molecule has 1 amide bonds. The first-order valence-electron chi connectivity index (χ1n) is 13.3. The standard InChI is InChI=1S/C24H22N4O5.C3H6O2.C3H8/c1-2-9-28(16-6-3-14(4-7-16)23(32)25-12-22(30)31)20-8-5-15-10-19-18(11-17(15)20)24(33)27-21(13-29)26-19;1-2-3(4)5;1-3-2/h1,3-4,6-7,10-11,20,29H,5,8-9,12-13H2,(H,25,32)(H,30,31)(H,26,27,33);2H2,1H3,(H,4,5);3H2,1-2H3. The molecule has 3 aromatic rings. The number of aliphatic hydroxyl groups excluding tert-OH is 1. The second-order valence-corrected chi connectivity index (χ2v) is 9.20. The maximum absolute atomic E-state index is 12.5. The summed E-state index contributed by atoms with van der Waals surface area (Å²) in [6.07, 6.45) is 8.70. The second kappa shape index (κ2) is 15.8. The summed E-state index contributed by atoms with van der Waals surface area (Å²) in [5.41, 5.74) is 3.45. The van der Waals surface area contributed by atoms with Crippen LogP contribution in [0.25, 0.3) is 10.9 Å². The molecule has 5 N–H and O–H groups in total. The van der Waals surface area contributed by atoms with Crippen LogP contribution in [0.15, 0.2) is 41.2 Å². The van der Waals surface area contributed by atoms with Crippen LogP contribution >= 0.6 is 0 Å². The molecule has 0 aliphatic heterocycles. The van der Waals surface area contributed by atoms with E-state index in [-0.39, 0.29) is 30.5 Å². The molecule has 41 heavy (non-hydrogen) atoms. The van der Waals surface area contributed by atoms with E-state index in [1.54, 1.807) is 31.2 Å². The molecule has 1 atom stereocenters. The number of carbonyl (C=O) groups excluding carboxylic acids is 1. The Morgan fingerprint density at radius 3 is 2.29 bits per heavy atom. The molecule has 0 spiro atoms. The van der Waals surface area contributed by atoms with Gasteiger partial charge in [0.2, 0.25) is 0 Å². The van der Waals surface area contributed by atoms with Crippen molar-refractivity contribution in [1.29, 1.82) is 0 Å². The van der Waals surface area contributed by atoms with E-state index in [1.165, 1.54) is 6.42 Å². The van der Waals surface area contributed by atoms with Crippen LogP contribution in [0.3, 0.4) is 0 Å². The summed E-state index contributed by atoms with van der Waals surface area (Å²) in [4.78, 5) is 53.6. The van der Waals surface area contributed by atoms with Crippen LogP contribution in [0.4, 0.5) is 5.69 Å². The quantitative estimate of drug-likeness (QED) is 0.257. The molecule has 1 aliphatic rings. The summed E-state index contributed by atoms with van der Waals surface area (Å²) in [7, 11) is 0. The second-order valence-electron chi connectivity index (χ2n) is 9.20. The molecular formula is C30H36N4O7. The molecule has 11 heteroatoms. The Kier molecular flexibility index (Phi) is 12.5. The number of terminal acetylenes is 1. The van der Waals surface area contributed by atoms with Gasteiger partial charge in [-0.05, 0) is 60.4 Å². The number of carboxylic acids is 2. The largest absolute Gasteiger partial charge is 0.481 e. The highest BCUT2D eigenvalue weighted by Crippen LogP contribution is 2.39. The third kappa shape index (κ3) is 8.91. The Morgan fingerprint density at radius 1 is 1.12 bits per heavy atom. The van der Waals surface area contributed by atoms with E-state index in [0.29, 0.717) is 23.0 Å². The van der Waals surface area contributed by atoms with Crippen molar-refractivity contribution >= 4 is 34.4 Å². The molecule has 0 fully saturated rings. The lowest BCUT2D eigenvalue weighted by Crippen LogP contribution is -2.30. The van der Waals surface area contributed by atoms with Crippen molar-refractivity contribution < 1.29 is 29.7 Å². The number of fused-ring (bicyclic) bond motifs is 2. The van der Waals surface area contributed by atoms with Crippen molar-refractivity contribution in [3.8, 4) is 12.3 Å². The van der Waals surface area contributed by atoms with Crippen molar-refractivity contribution in [2.24, 2.45) is 0 Å². The minimum absolute atomic E-state index is 0.0657. The number of amides is 1. The number of aliphatic hydroxyl groups is 1. The number of hydrogen-bond donors (Lipinski definition) is 5. The zero-order valence-corrected chi connectivity index (χ0v) is 23.4. The number of aliphatic carboxylic acids is 2. The van der Waals surface area contributed by atoms with Gasteiger partial charge < -0.3 is 30.5 Å². The van der Waals surface area contributed by atoms with Gasteiger partial charge in [0.25, 0.3) is 11.5 Å². The van der Waals surface area contributed by atoms with E-state index >= 15 is 0 Å². The fraction of sp³-hybridized carbons (Fsp3) is 0.367. The number of aromatic nitrogens is 2. The van der Waals surface area contributed by atoms with Crippen LogP contribution in [0.2, 0.25) is 0 Å². The van der Waals surface area contributed by atoms with Crippen molar-refractivity contribution in [2.45, 2.75) is 59.1 Å². The van der Waals surface area contributed by atoms with Crippen LogP contribution in [0.1, 0.15) is 73.4 Å². The predicted octanol–water partition coefficient (Wildman–Crippen LogP) is 3.25. The van der Waals surface area contributed by atoms with Crippen molar-refractivity contribution in [2.75, 3.05) is 18.0 Å². The van der Waals surface area contributed by atoms with Gasteiger partial charge in [-0.3, -0.25) is 19.2 Å². The number of aryl methyl sites for hydroxylation is 1. The van der Waals surface area contributed by atoms with Gasteiger partial charge in [0, 0.05) is 17.7 Å². The third-order valence-corrected chi connectivity index (χ3v) is 6.01. The number of rotatable bonds is 8. The molecule has 218 valence electrons. The lowest BCUT2D eigenvalue weighted by atomic mass is 10.0. The highest BCUT2D eigenvalue weighted by molar-refractivity contribution is 5.96. The van der Waals surface area contributed by atoms with E-state index in [1.807, 2.05) is 17.0 Å². The number of nitrogens with zero attached hydrogens (tertiary/aromatic N) is 2. The highest BCUT2D eigenvalue weighted by atomic mass is 16.4. The van der Waals surface area contributed by atoms with Gasteiger partial charge >= 0.3 is 11.9 Å². The number of benzene rings is 2. The molecule has 2 aromatic carbocycles. The zero-order chi connectivity index (χ0) is 30.5. The van der Waals surface area contributed by atoms with Crippen molar-refractivity contribution in [3.05, 3.63) is 69.3 Å². The number of nitrogens with one attached hydrogen (secondary N) is 2. The lowest BCUT2D eigenvalue weighted by molar-refractivity contribution is -0.137. The topological polar surface area (TPSA) is 173 Å². The molecule has 0 radical (unpaired) electrons. The summed E-state index contributed by atoms with van der Waals surface area (Å²) in [6.45, 7) is 5.38. The molecular weight excluding hydrogens is 528 g/mol. The van der Waals surface area contributed by atoms with Gasteiger partial charge in [0.1, 0.15) is 19.0 Å². The summed E-state index contributed by atoms with van der Waals surface area (Å²) in [6, 6.07) is 10.5. The van der Waals surface area contributed by atoms with E-state index in [4.69, 9.17) is 16.6 Å². The third-order valence-electron chi connectivity index (χ3n) is 6.01. The monoisotopic (exact) mass is 564 g/mol. The molecule has 0 saturated carbocycles. The maximum atomic E-state index is 12.5.